The number of nitrogens with one attached hydrogen (secondary N) is 2. The predicted octanol–water partition coefficient (Wildman–Crippen LogP) is 4.73. The van der Waals surface area contributed by atoms with Crippen LogP contribution in [0.4, 0.5) is 5.69 Å². The van der Waals surface area contributed by atoms with E-state index in [2.05, 4.69) is 15.7 Å². The first-order valence-corrected chi connectivity index (χ1v) is 10.9. The van der Waals surface area contributed by atoms with Gasteiger partial charge in [0, 0.05) is 30.0 Å². The van der Waals surface area contributed by atoms with Crippen molar-refractivity contribution in [1.82, 2.24) is 15.1 Å². The van der Waals surface area contributed by atoms with Gasteiger partial charge in [0.05, 0.1) is 12.1 Å². The minimum atomic E-state index is -0.319. The lowest BCUT2D eigenvalue weighted by Crippen LogP contribution is -2.24. The zero-order chi connectivity index (χ0) is 23.3. The molecule has 0 atom stereocenters. The Morgan fingerprint density at radius 3 is 2.38 bits per heavy atom. The Morgan fingerprint density at radius 1 is 0.882 bits per heavy atom. The van der Waals surface area contributed by atoms with Gasteiger partial charge in [0.2, 0.25) is 5.91 Å². The number of amides is 2. The summed E-state index contributed by atoms with van der Waals surface area (Å²) in [7, 11) is 0. The first-order chi connectivity index (χ1) is 16.6. The third-order valence-corrected chi connectivity index (χ3v) is 5.42. The second-order valence-electron chi connectivity index (χ2n) is 7.87. The molecule has 0 radical (unpaired) electrons. The van der Waals surface area contributed by atoms with E-state index in [9.17, 15) is 9.59 Å². The van der Waals surface area contributed by atoms with Crippen LogP contribution in [0.2, 0.25) is 0 Å². The molecule has 0 saturated heterocycles. The molecule has 2 N–H and O–H groups in total. The van der Waals surface area contributed by atoms with E-state index < -0.39 is 0 Å². The Hall–Kier alpha value is -4.65. The Balaban J connectivity index is 1.12. The zero-order valence-corrected chi connectivity index (χ0v) is 18.3. The van der Waals surface area contributed by atoms with Gasteiger partial charge in [0.1, 0.15) is 5.58 Å². The second-order valence-corrected chi connectivity index (χ2v) is 7.87. The van der Waals surface area contributed by atoms with Gasteiger partial charge in [-0.2, -0.15) is 5.10 Å². The number of carbonyl (C=O) groups is 2. The number of para-hydroxylation sites is 1. The number of fused-ring (bicyclic) bond motifs is 1. The van der Waals surface area contributed by atoms with Crippen LogP contribution < -0.4 is 10.6 Å². The molecule has 0 fully saturated rings. The third-order valence-electron chi connectivity index (χ3n) is 5.42. The van der Waals surface area contributed by atoms with E-state index in [4.69, 9.17) is 4.42 Å². The van der Waals surface area contributed by atoms with Gasteiger partial charge in [-0.3, -0.25) is 9.59 Å². The molecule has 7 nitrogen and oxygen atoms in total. The van der Waals surface area contributed by atoms with Crippen molar-refractivity contribution in [1.29, 1.82) is 0 Å². The minimum Gasteiger partial charge on any atom is -0.451 e. The third kappa shape index (κ3) is 4.88. The number of hydrogen-bond donors (Lipinski definition) is 2. The fourth-order valence-electron chi connectivity index (χ4n) is 3.63. The predicted molar refractivity (Wildman–Crippen MR) is 130 cm³/mol. The van der Waals surface area contributed by atoms with Crippen LogP contribution in [0.15, 0.2) is 102 Å². The number of aromatic nitrogens is 2. The Bertz CT molecular complexity index is 1390. The summed E-state index contributed by atoms with van der Waals surface area (Å²) in [6, 6.07) is 26.1. The Morgan fingerprint density at radius 2 is 1.65 bits per heavy atom. The number of anilines is 1. The molecular weight excluding hydrogens is 428 g/mol. The van der Waals surface area contributed by atoms with Crippen molar-refractivity contribution in [3.05, 3.63) is 114 Å². The number of rotatable bonds is 7. The molecule has 7 heteroatoms. The lowest BCUT2D eigenvalue weighted by molar-refractivity contribution is -0.120. The number of benzene rings is 3. The second kappa shape index (κ2) is 9.46. The summed E-state index contributed by atoms with van der Waals surface area (Å²) in [5.41, 5.74) is 4.13. The van der Waals surface area contributed by atoms with Gasteiger partial charge in [-0.15, -0.1) is 0 Å². The maximum absolute atomic E-state index is 12.5. The summed E-state index contributed by atoms with van der Waals surface area (Å²) in [6.45, 7) is 0.448. The molecule has 34 heavy (non-hydrogen) atoms. The summed E-state index contributed by atoms with van der Waals surface area (Å²) in [5, 5.41) is 10.8. The molecule has 5 aromatic rings. The molecule has 5 rings (SSSR count). The average Bonchev–Trinajstić information content (AvgIpc) is 3.55. The van der Waals surface area contributed by atoms with E-state index in [0.717, 1.165) is 22.2 Å². The highest BCUT2D eigenvalue weighted by atomic mass is 16.3. The fourth-order valence-corrected chi connectivity index (χ4v) is 3.63. The number of hydrogen-bond acceptors (Lipinski definition) is 4. The van der Waals surface area contributed by atoms with Crippen molar-refractivity contribution in [2.24, 2.45) is 0 Å². The van der Waals surface area contributed by atoms with Gasteiger partial charge >= 0.3 is 0 Å². The van der Waals surface area contributed by atoms with Crippen LogP contribution in [-0.4, -0.2) is 21.6 Å². The summed E-state index contributed by atoms with van der Waals surface area (Å²) in [4.78, 5) is 24.8. The maximum Gasteiger partial charge on any atom is 0.291 e. The van der Waals surface area contributed by atoms with E-state index in [-0.39, 0.29) is 24.0 Å². The van der Waals surface area contributed by atoms with Gasteiger partial charge in [-0.25, -0.2) is 4.68 Å². The van der Waals surface area contributed by atoms with Crippen LogP contribution in [0, 0.1) is 0 Å². The molecule has 2 aromatic heterocycles. The highest BCUT2D eigenvalue weighted by molar-refractivity contribution is 6.04. The highest BCUT2D eigenvalue weighted by Crippen LogP contribution is 2.20. The number of nitrogens with zero attached hydrogens (tertiary/aromatic N) is 2. The lowest BCUT2D eigenvalue weighted by Gasteiger charge is -2.08. The van der Waals surface area contributed by atoms with E-state index >= 15 is 0 Å². The normalized spacial score (nSPS) is 10.8. The van der Waals surface area contributed by atoms with E-state index in [0.29, 0.717) is 17.8 Å². The van der Waals surface area contributed by atoms with E-state index in [1.54, 1.807) is 29.1 Å². The first kappa shape index (κ1) is 21.2. The van der Waals surface area contributed by atoms with Crippen molar-refractivity contribution in [2.45, 2.75) is 13.0 Å². The first-order valence-electron chi connectivity index (χ1n) is 10.9. The Labute approximate surface area is 196 Å². The Kier molecular flexibility index (Phi) is 5.90. The molecule has 2 heterocycles. The van der Waals surface area contributed by atoms with Crippen molar-refractivity contribution in [3.63, 3.8) is 0 Å². The quantitative estimate of drug-likeness (QED) is 0.375. The van der Waals surface area contributed by atoms with Gasteiger partial charge in [0.15, 0.2) is 5.76 Å². The molecule has 0 bridgehead atoms. The molecule has 3 aromatic carbocycles. The highest BCUT2D eigenvalue weighted by Gasteiger charge is 2.12. The van der Waals surface area contributed by atoms with Crippen LogP contribution in [-0.2, 0) is 17.8 Å². The van der Waals surface area contributed by atoms with Crippen molar-refractivity contribution < 1.29 is 14.0 Å². The molecule has 0 saturated carbocycles. The SMILES string of the molecule is O=C(Cc1ccc(NC(=O)c2cc3ccccc3o2)cc1)NCc1ccc(-n2cccn2)cc1. The van der Waals surface area contributed by atoms with Crippen LogP contribution >= 0.6 is 0 Å². The summed E-state index contributed by atoms with van der Waals surface area (Å²) >= 11 is 0. The minimum absolute atomic E-state index is 0.0739. The molecule has 0 aliphatic rings. The van der Waals surface area contributed by atoms with Gasteiger partial charge in [0.25, 0.3) is 5.91 Å². The average molecular weight is 450 g/mol. The molecule has 0 aliphatic heterocycles. The van der Waals surface area contributed by atoms with Crippen molar-refractivity contribution >= 4 is 28.5 Å². The summed E-state index contributed by atoms with van der Waals surface area (Å²) in [5.74, 6) is -0.141. The van der Waals surface area contributed by atoms with Crippen LogP contribution in [0.5, 0.6) is 0 Å². The smallest absolute Gasteiger partial charge is 0.291 e. The number of furan rings is 1. The summed E-state index contributed by atoms with van der Waals surface area (Å²) in [6.07, 6.45) is 3.87. The molecule has 0 aliphatic carbocycles. The molecule has 0 spiro atoms. The van der Waals surface area contributed by atoms with Crippen LogP contribution in [0.25, 0.3) is 16.7 Å². The molecular formula is C27H22N4O3. The zero-order valence-electron chi connectivity index (χ0n) is 18.3. The maximum atomic E-state index is 12.5. The van der Waals surface area contributed by atoms with Crippen LogP contribution in [0.1, 0.15) is 21.7 Å². The summed E-state index contributed by atoms with van der Waals surface area (Å²) < 4.78 is 7.38. The van der Waals surface area contributed by atoms with Crippen molar-refractivity contribution in [2.75, 3.05) is 5.32 Å². The monoisotopic (exact) mass is 450 g/mol. The van der Waals surface area contributed by atoms with Crippen LogP contribution in [0.3, 0.4) is 0 Å². The fraction of sp³-hybridized carbons (Fsp3) is 0.0741. The van der Waals surface area contributed by atoms with E-state index in [1.165, 1.54) is 0 Å². The standard InChI is InChI=1S/C27H22N4O3/c32-26(28-18-20-8-12-23(13-9-20)31-15-3-14-29-31)16-19-6-10-22(11-7-19)30-27(33)25-17-21-4-1-2-5-24(21)34-25/h1-15,17H,16,18H2,(H,28,32)(H,30,33). The topological polar surface area (TPSA) is 89.2 Å². The molecule has 0 unspecified atom stereocenters. The molecule has 2 amide bonds. The van der Waals surface area contributed by atoms with E-state index in [1.807, 2.05) is 72.9 Å². The lowest BCUT2D eigenvalue weighted by atomic mass is 10.1. The molecule has 168 valence electrons. The number of carbonyl (C=O) groups excluding carboxylic acids is 2. The van der Waals surface area contributed by atoms with Gasteiger partial charge < -0.3 is 15.1 Å². The van der Waals surface area contributed by atoms with Gasteiger partial charge in [-0.05, 0) is 53.6 Å². The van der Waals surface area contributed by atoms with Gasteiger partial charge in [-0.1, -0.05) is 42.5 Å². The largest absolute Gasteiger partial charge is 0.451 e. The van der Waals surface area contributed by atoms with Crippen molar-refractivity contribution in [3.8, 4) is 5.69 Å².